The number of piperazine rings is 1. The van der Waals surface area contributed by atoms with E-state index in [4.69, 9.17) is 0 Å². The largest absolute Gasteiger partial charge is 0.315 e. The number of nitrogens with one attached hydrogen (secondary N) is 4. The Bertz CT molecular complexity index is 809. The van der Waals surface area contributed by atoms with Gasteiger partial charge in [0.1, 0.15) is 0 Å². The highest BCUT2D eigenvalue weighted by atomic mass is 15.4. The molecule has 0 spiro atoms. The zero-order valence-electron chi connectivity index (χ0n) is 23.7. The number of nitrogens with zero attached hydrogens (tertiary/aromatic N) is 3. The molecular weight excluding hydrogens is 458 g/mol. The lowest BCUT2D eigenvalue weighted by atomic mass is 9.60. The quantitative estimate of drug-likeness (QED) is 0.462. The summed E-state index contributed by atoms with van der Waals surface area (Å²) in [6, 6.07) is 5.21. The molecule has 0 radical (unpaired) electrons. The summed E-state index contributed by atoms with van der Waals surface area (Å²) in [7, 11) is 2.27. The maximum absolute atomic E-state index is 9.65. The van der Waals surface area contributed by atoms with Crippen LogP contribution in [0.2, 0.25) is 0 Å². The van der Waals surface area contributed by atoms with Gasteiger partial charge in [-0.3, -0.25) is 15.8 Å². The van der Waals surface area contributed by atoms with Gasteiger partial charge in [-0.1, -0.05) is 0 Å². The molecule has 0 aromatic rings. The van der Waals surface area contributed by atoms with Crippen molar-refractivity contribution in [2.24, 2.45) is 40.9 Å². The van der Waals surface area contributed by atoms with Crippen molar-refractivity contribution in [1.82, 2.24) is 31.3 Å². The number of piperidine rings is 2. The van der Waals surface area contributed by atoms with E-state index in [1.807, 2.05) is 0 Å². The van der Waals surface area contributed by atoms with E-state index < -0.39 is 0 Å². The van der Waals surface area contributed by atoms with Gasteiger partial charge < -0.3 is 15.5 Å². The van der Waals surface area contributed by atoms with Crippen LogP contribution in [0.25, 0.3) is 0 Å². The molecule has 6 rings (SSSR count). The summed E-state index contributed by atoms with van der Waals surface area (Å²) in [6.07, 6.45) is 10.6. The highest BCUT2D eigenvalue weighted by Gasteiger charge is 2.52. The van der Waals surface area contributed by atoms with Crippen molar-refractivity contribution in [1.29, 1.82) is 5.26 Å². The van der Waals surface area contributed by atoms with Crippen molar-refractivity contribution in [2.75, 3.05) is 52.9 Å². The molecule has 4 heterocycles. The van der Waals surface area contributed by atoms with Crippen molar-refractivity contribution < 1.29 is 0 Å². The Kier molecular flexibility index (Phi) is 7.89. The number of hydrogen-bond donors (Lipinski definition) is 4. The Labute approximate surface area is 225 Å². The molecular formula is C30H53N7. The summed E-state index contributed by atoms with van der Waals surface area (Å²) in [5.74, 6) is 4.57. The lowest BCUT2D eigenvalue weighted by molar-refractivity contribution is 0.0293. The second kappa shape index (κ2) is 11.0. The van der Waals surface area contributed by atoms with Crippen molar-refractivity contribution in [3.63, 3.8) is 0 Å². The molecule has 6 fully saturated rings. The Morgan fingerprint density at radius 1 is 0.784 bits per heavy atom. The summed E-state index contributed by atoms with van der Waals surface area (Å²) < 4.78 is 0. The second-order valence-electron chi connectivity index (χ2n) is 14.3. The van der Waals surface area contributed by atoms with Gasteiger partial charge in [0.05, 0.1) is 11.5 Å². The fourth-order valence-electron chi connectivity index (χ4n) is 9.52. The molecule has 8 atom stereocenters. The number of nitriles is 1. The van der Waals surface area contributed by atoms with E-state index in [1.165, 1.54) is 90.6 Å². The fourth-order valence-corrected chi connectivity index (χ4v) is 9.52. The van der Waals surface area contributed by atoms with Crippen molar-refractivity contribution >= 4 is 0 Å². The maximum atomic E-state index is 9.65. The first-order valence-electron chi connectivity index (χ1n) is 15.7. The average Bonchev–Trinajstić information content (AvgIpc) is 3.38. The lowest BCUT2D eigenvalue weighted by Gasteiger charge is -2.51. The van der Waals surface area contributed by atoms with Gasteiger partial charge in [-0.2, -0.15) is 5.26 Å². The van der Waals surface area contributed by atoms with E-state index in [1.54, 1.807) is 0 Å². The van der Waals surface area contributed by atoms with E-state index in [9.17, 15) is 5.26 Å². The van der Waals surface area contributed by atoms with Crippen molar-refractivity contribution in [3.8, 4) is 6.07 Å². The molecule has 0 amide bonds. The van der Waals surface area contributed by atoms with Crippen LogP contribution in [0.4, 0.5) is 0 Å². The molecule has 0 bridgehead atoms. The average molecular weight is 512 g/mol. The van der Waals surface area contributed by atoms with E-state index >= 15 is 0 Å². The Hall–Kier alpha value is -0.750. The fraction of sp³-hybridized carbons (Fsp3) is 0.967. The molecule has 0 aromatic carbocycles. The molecule has 2 aliphatic carbocycles. The van der Waals surface area contributed by atoms with Crippen LogP contribution in [-0.4, -0.2) is 86.8 Å². The minimum absolute atomic E-state index is 0.179. The van der Waals surface area contributed by atoms with Gasteiger partial charge in [-0.15, -0.1) is 0 Å². The van der Waals surface area contributed by atoms with E-state index in [0.717, 1.165) is 42.2 Å². The lowest BCUT2D eigenvalue weighted by Crippen LogP contribution is -2.60. The van der Waals surface area contributed by atoms with Crippen molar-refractivity contribution in [2.45, 2.75) is 89.4 Å². The molecule has 208 valence electrons. The summed E-state index contributed by atoms with van der Waals surface area (Å²) in [4.78, 5) is 5.27. The van der Waals surface area contributed by atoms with Gasteiger partial charge in [0.2, 0.25) is 0 Å². The van der Waals surface area contributed by atoms with Crippen LogP contribution in [0.5, 0.6) is 0 Å². The summed E-state index contributed by atoms with van der Waals surface area (Å²) >= 11 is 0. The summed E-state index contributed by atoms with van der Waals surface area (Å²) in [6.45, 7) is 12.8. The van der Waals surface area contributed by atoms with E-state index in [2.05, 4.69) is 58.2 Å². The van der Waals surface area contributed by atoms with Crippen LogP contribution in [0.3, 0.4) is 0 Å². The second-order valence-corrected chi connectivity index (χ2v) is 14.3. The van der Waals surface area contributed by atoms with Crippen LogP contribution in [0.15, 0.2) is 0 Å². The molecule has 4 saturated heterocycles. The number of hydrogen-bond acceptors (Lipinski definition) is 7. The third-order valence-corrected chi connectivity index (χ3v) is 12.0. The first-order chi connectivity index (χ1) is 17.9. The Balaban J connectivity index is 1.10. The minimum Gasteiger partial charge on any atom is -0.315 e. The topological polar surface area (TPSA) is 78.4 Å². The van der Waals surface area contributed by atoms with Crippen LogP contribution in [0, 0.1) is 52.3 Å². The standard InChI is InChI=1S/C30H53N7/c1-30(2,19-31)23-7-4-20(5-8-23)29-28-25-15-21(6-9-26(25)33-18-27(28)34-35-29)22-14-24(17-32-16-22)37-12-10-36(3)11-13-37/h20-29,32-35H,4-18H2,1-3H3. The predicted octanol–water partition coefficient (Wildman–Crippen LogP) is 2.42. The van der Waals surface area contributed by atoms with Gasteiger partial charge in [-0.25, -0.2) is 0 Å². The number of likely N-dealkylation sites (N-methyl/N-ethyl adjacent to an activating group) is 1. The first-order valence-corrected chi connectivity index (χ1v) is 15.7. The number of rotatable bonds is 4. The normalized spacial score (nSPS) is 46.1. The highest BCUT2D eigenvalue weighted by molar-refractivity contribution is 5.08. The first kappa shape index (κ1) is 26.5. The van der Waals surface area contributed by atoms with Gasteiger partial charge in [-0.05, 0) is 114 Å². The molecule has 0 aromatic heterocycles. The Morgan fingerprint density at radius 3 is 2.30 bits per heavy atom. The van der Waals surface area contributed by atoms with Crippen LogP contribution >= 0.6 is 0 Å². The molecule has 37 heavy (non-hydrogen) atoms. The third-order valence-electron chi connectivity index (χ3n) is 12.0. The molecule has 7 nitrogen and oxygen atoms in total. The van der Waals surface area contributed by atoms with Crippen LogP contribution in [0.1, 0.15) is 65.2 Å². The van der Waals surface area contributed by atoms with Gasteiger partial charge in [0.25, 0.3) is 0 Å². The van der Waals surface area contributed by atoms with Crippen molar-refractivity contribution in [3.05, 3.63) is 0 Å². The molecule has 4 aliphatic heterocycles. The zero-order chi connectivity index (χ0) is 25.6. The molecule has 8 unspecified atom stereocenters. The van der Waals surface area contributed by atoms with Gasteiger partial charge in [0, 0.05) is 63.4 Å². The van der Waals surface area contributed by atoms with Crippen LogP contribution < -0.4 is 21.5 Å². The van der Waals surface area contributed by atoms with Gasteiger partial charge in [0.15, 0.2) is 0 Å². The molecule has 7 heteroatoms. The minimum atomic E-state index is -0.179. The Morgan fingerprint density at radius 2 is 1.54 bits per heavy atom. The number of hydrazine groups is 1. The zero-order valence-corrected chi connectivity index (χ0v) is 23.7. The predicted molar refractivity (Wildman–Crippen MR) is 149 cm³/mol. The maximum Gasteiger partial charge on any atom is 0.0686 e. The van der Waals surface area contributed by atoms with E-state index in [-0.39, 0.29) is 5.41 Å². The SMILES string of the molecule is CN1CCN(C2CNCC(C3CCC4NCC5NNC(C6CCC(C(C)(C)C#N)CC6)C5C4C3)C2)CC1. The molecule has 2 saturated carbocycles. The monoisotopic (exact) mass is 511 g/mol. The number of fused-ring (bicyclic) bond motifs is 3. The van der Waals surface area contributed by atoms with E-state index in [0.29, 0.717) is 24.0 Å². The smallest absolute Gasteiger partial charge is 0.0686 e. The van der Waals surface area contributed by atoms with Crippen LogP contribution in [-0.2, 0) is 0 Å². The van der Waals surface area contributed by atoms with Gasteiger partial charge >= 0.3 is 0 Å². The molecule has 6 aliphatic rings. The molecule has 4 N–H and O–H groups in total. The third kappa shape index (κ3) is 5.36. The highest BCUT2D eigenvalue weighted by Crippen LogP contribution is 2.48. The summed E-state index contributed by atoms with van der Waals surface area (Å²) in [5.41, 5.74) is 7.41. The summed E-state index contributed by atoms with van der Waals surface area (Å²) in [5, 5.41) is 17.5.